The van der Waals surface area contributed by atoms with Crippen molar-refractivity contribution in [2.45, 2.75) is 0 Å². The smallest absolute Gasteiger partial charge is 0.255 e. The molecule has 0 aliphatic carbocycles. The van der Waals surface area contributed by atoms with Gasteiger partial charge >= 0.3 is 0 Å². The third-order valence-electron chi connectivity index (χ3n) is 1.44. The van der Waals surface area contributed by atoms with Crippen molar-refractivity contribution < 1.29 is 0 Å². The van der Waals surface area contributed by atoms with Gasteiger partial charge in [-0.2, -0.15) is 0 Å². The fourth-order valence-electron chi connectivity index (χ4n) is 0.861. The van der Waals surface area contributed by atoms with E-state index in [9.17, 15) is 4.79 Å². The van der Waals surface area contributed by atoms with Crippen molar-refractivity contribution >= 4 is 17.7 Å². The standard InChI is InChI=1S/C8H7ClN4O/c9-7-4-6(8(14)11-5-7)2-1-3-12-13-10/h1-2,4-5H,3H2,(H,11,14). The number of hydrogen-bond acceptors (Lipinski definition) is 2. The molecule has 1 aromatic rings. The first-order chi connectivity index (χ1) is 6.74. The molecule has 1 heterocycles. The SMILES string of the molecule is [N-]=[N+]=NCC=Cc1cc(Cl)c[nH]c1=O. The molecule has 0 amide bonds. The maximum absolute atomic E-state index is 11.2. The van der Waals surface area contributed by atoms with Gasteiger partial charge in [-0.3, -0.25) is 4.79 Å². The molecule has 1 aromatic heterocycles. The second-order valence-electron chi connectivity index (χ2n) is 2.42. The quantitative estimate of drug-likeness (QED) is 0.464. The number of aromatic amines is 1. The van der Waals surface area contributed by atoms with Gasteiger partial charge in [0.1, 0.15) is 0 Å². The highest BCUT2D eigenvalue weighted by molar-refractivity contribution is 6.30. The number of hydrogen-bond donors (Lipinski definition) is 1. The van der Waals surface area contributed by atoms with Crippen LogP contribution in [0.2, 0.25) is 5.02 Å². The molecule has 0 unspecified atom stereocenters. The summed E-state index contributed by atoms with van der Waals surface area (Å²) in [5.74, 6) is 0. The molecule has 14 heavy (non-hydrogen) atoms. The number of H-pyrrole nitrogens is 1. The number of nitrogens with zero attached hydrogens (tertiary/aromatic N) is 3. The Labute approximate surface area is 84.7 Å². The van der Waals surface area contributed by atoms with Crippen molar-refractivity contribution in [3.05, 3.63) is 49.7 Å². The summed E-state index contributed by atoms with van der Waals surface area (Å²) in [5, 5.41) is 3.74. The third kappa shape index (κ3) is 2.97. The van der Waals surface area contributed by atoms with Gasteiger partial charge in [-0.15, -0.1) is 0 Å². The molecule has 0 bridgehead atoms. The number of nitrogens with one attached hydrogen (secondary N) is 1. The van der Waals surface area contributed by atoms with E-state index in [1.807, 2.05) is 0 Å². The van der Waals surface area contributed by atoms with Crippen molar-refractivity contribution in [2.24, 2.45) is 5.11 Å². The zero-order valence-electron chi connectivity index (χ0n) is 7.14. The number of halogens is 1. The predicted molar refractivity (Wildman–Crippen MR) is 55.1 cm³/mol. The van der Waals surface area contributed by atoms with Crippen molar-refractivity contribution in [3.8, 4) is 0 Å². The fraction of sp³-hybridized carbons (Fsp3) is 0.125. The van der Waals surface area contributed by atoms with Crippen LogP contribution in [-0.4, -0.2) is 11.5 Å². The summed E-state index contributed by atoms with van der Waals surface area (Å²) in [6, 6.07) is 1.53. The van der Waals surface area contributed by atoms with Crippen LogP contribution in [0.1, 0.15) is 5.56 Å². The highest BCUT2D eigenvalue weighted by atomic mass is 35.5. The largest absolute Gasteiger partial charge is 0.327 e. The van der Waals surface area contributed by atoms with Crippen LogP contribution >= 0.6 is 11.6 Å². The molecule has 0 atom stereocenters. The number of aromatic nitrogens is 1. The molecule has 72 valence electrons. The first-order valence-electron chi connectivity index (χ1n) is 3.79. The van der Waals surface area contributed by atoms with Gasteiger partial charge in [0.05, 0.1) is 5.02 Å². The Morgan fingerprint density at radius 1 is 1.71 bits per heavy atom. The average Bonchev–Trinajstić information content (AvgIpc) is 2.18. The lowest BCUT2D eigenvalue weighted by atomic mass is 10.2. The Morgan fingerprint density at radius 3 is 3.21 bits per heavy atom. The van der Waals surface area contributed by atoms with Crippen LogP contribution in [0.5, 0.6) is 0 Å². The van der Waals surface area contributed by atoms with Gasteiger partial charge in [0.25, 0.3) is 5.56 Å². The Hall–Kier alpha value is -1.71. The normalized spacial score (nSPS) is 10.1. The van der Waals surface area contributed by atoms with Crippen LogP contribution in [0.15, 0.2) is 28.2 Å². The monoisotopic (exact) mass is 210 g/mol. The van der Waals surface area contributed by atoms with Gasteiger partial charge in [0, 0.05) is 23.2 Å². The van der Waals surface area contributed by atoms with Gasteiger partial charge in [0.2, 0.25) is 0 Å². The minimum absolute atomic E-state index is 0.211. The van der Waals surface area contributed by atoms with Crippen molar-refractivity contribution in [1.82, 2.24) is 4.98 Å². The van der Waals surface area contributed by atoms with E-state index in [0.717, 1.165) is 0 Å². The zero-order valence-corrected chi connectivity index (χ0v) is 7.90. The molecule has 0 aliphatic heterocycles. The van der Waals surface area contributed by atoms with Gasteiger partial charge < -0.3 is 4.98 Å². The van der Waals surface area contributed by atoms with E-state index in [1.165, 1.54) is 12.3 Å². The first-order valence-corrected chi connectivity index (χ1v) is 4.17. The Bertz CT molecular complexity index is 445. The van der Waals surface area contributed by atoms with Crippen molar-refractivity contribution in [3.63, 3.8) is 0 Å². The summed E-state index contributed by atoms with van der Waals surface area (Å²) >= 11 is 5.67. The van der Waals surface area contributed by atoms with E-state index in [1.54, 1.807) is 12.2 Å². The van der Waals surface area contributed by atoms with Crippen LogP contribution in [0.25, 0.3) is 16.5 Å². The first kappa shape index (κ1) is 10.4. The molecule has 1 N–H and O–H groups in total. The number of rotatable bonds is 3. The molecule has 0 aromatic carbocycles. The zero-order chi connectivity index (χ0) is 10.4. The van der Waals surface area contributed by atoms with Crippen molar-refractivity contribution in [1.29, 1.82) is 0 Å². The molecule has 0 saturated carbocycles. The average molecular weight is 211 g/mol. The summed E-state index contributed by atoms with van der Waals surface area (Å²) in [5.41, 5.74) is 8.20. The predicted octanol–water partition coefficient (Wildman–Crippen LogP) is 2.35. The van der Waals surface area contributed by atoms with Gasteiger partial charge in [-0.1, -0.05) is 28.9 Å². The number of azide groups is 1. The molecule has 0 spiro atoms. The topological polar surface area (TPSA) is 81.6 Å². The second-order valence-corrected chi connectivity index (χ2v) is 2.85. The van der Waals surface area contributed by atoms with Crippen LogP contribution in [0.3, 0.4) is 0 Å². The summed E-state index contributed by atoms with van der Waals surface area (Å²) in [4.78, 5) is 16.2. The lowest BCUT2D eigenvalue weighted by Crippen LogP contribution is -2.07. The lowest BCUT2D eigenvalue weighted by Gasteiger charge is -1.92. The van der Waals surface area contributed by atoms with Crippen LogP contribution in [0, 0.1) is 0 Å². The third-order valence-corrected chi connectivity index (χ3v) is 1.66. The molecular weight excluding hydrogens is 204 g/mol. The highest BCUT2D eigenvalue weighted by Crippen LogP contribution is 2.06. The maximum Gasteiger partial charge on any atom is 0.255 e. The second kappa shape index (κ2) is 5.11. The van der Waals surface area contributed by atoms with E-state index in [4.69, 9.17) is 17.1 Å². The van der Waals surface area contributed by atoms with E-state index < -0.39 is 0 Å². The fourth-order valence-corrected chi connectivity index (χ4v) is 1.03. The highest BCUT2D eigenvalue weighted by Gasteiger charge is 1.94. The van der Waals surface area contributed by atoms with Crippen LogP contribution < -0.4 is 5.56 Å². The van der Waals surface area contributed by atoms with E-state index in [0.29, 0.717) is 10.6 Å². The summed E-state index contributed by atoms with van der Waals surface area (Å²) < 4.78 is 0. The van der Waals surface area contributed by atoms with Crippen LogP contribution in [0.4, 0.5) is 0 Å². The molecule has 1 rings (SSSR count). The summed E-state index contributed by atoms with van der Waals surface area (Å²) in [6.07, 6.45) is 4.55. The molecule has 0 fully saturated rings. The molecular formula is C8H7ClN4O. The van der Waals surface area contributed by atoms with E-state index in [-0.39, 0.29) is 12.1 Å². The van der Waals surface area contributed by atoms with E-state index >= 15 is 0 Å². The Morgan fingerprint density at radius 2 is 2.50 bits per heavy atom. The molecule has 0 aliphatic rings. The molecule has 0 saturated heterocycles. The maximum atomic E-state index is 11.2. The van der Waals surface area contributed by atoms with Crippen molar-refractivity contribution in [2.75, 3.05) is 6.54 Å². The van der Waals surface area contributed by atoms with Gasteiger partial charge in [-0.05, 0) is 11.6 Å². The lowest BCUT2D eigenvalue weighted by molar-refractivity contribution is 1.20. The minimum Gasteiger partial charge on any atom is -0.327 e. The van der Waals surface area contributed by atoms with Gasteiger partial charge in [-0.25, -0.2) is 0 Å². The number of pyridine rings is 1. The summed E-state index contributed by atoms with van der Waals surface area (Å²) in [6.45, 7) is 0.211. The van der Waals surface area contributed by atoms with Crippen LogP contribution in [-0.2, 0) is 0 Å². The molecule has 0 radical (unpaired) electrons. The van der Waals surface area contributed by atoms with Gasteiger partial charge in [0.15, 0.2) is 0 Å². The summed E-state index contributed by atoms with van der Waals surface area (Å²) in [7, 11) is 0. The Balaban J connectivity index is 2.85. The molecule has 6 heteroatoms. The van der Waals surface area contributed by atoms with E-state index in [2.05, 4.69) is 15.0 Å². The Kier molecular flexibility index (Phi) is 3.79. The minimum atomic E-state index is -0.230. The molecule has 5 nitrogen and oxygen atoms in total.